The van der Waals surface area contributed by atoms with Gasteiger partial charge < -0.3 is 29.5 Å². The third kappa shape index (κ3) is 2.16. The van der Waals surface area contributed by atoms with Crippen LogP contribution < -0.4 is 5.56 Å². The van der Waals surface area contributed by atoms with Gasteiger partial charge >= 0.3 is 5.91 Å². The highest BCUT2D eigenvalue weighted by Gasteiger charge is 2.69. The Kier molecular flexibility index (Phi) is 4.31. The zero-order chi connectivity index (χ0) is 15.8. The Labute approximate surface area is 124 Å². The first-order valence-corrected chi connectivity index (χ1v) is 6.39. The molecule has 1 aliphatic rings. The number of methoxy groups -OCH3 is 2. The molecule has 0 radical (unpaired) electrons. The van der Waals surface area contributed by atoms with Crippen molar-refractivity contribution in [1.82, 2.24) is 9.55 Å². The molecule has 0 saturated carbocycles. The largest absolute Gasteiger partial charge is 0.394 e. The lowest BCUT2D eigenvalue weighted by Crippen LogP contribution is -2.60. The van der Waals surface area contributed by atoms with Crippen LogP contribution in [0.3, 0.4) is 0 Å². The normalized spacial score (nSPS) is 36.0. The molecule has 9 nitrogen and oxygen atoms in total. The molecule has 2 heterocycles. The molecule has 0 amide bonds. The number of aliphatic hydroxyl groups is 3. The van der Waals surface area contributed by atoms with E-state index in [2.05, 4.69) is 4.98 Å². The van der Waals surface area contributed by atoms with Gasteiger partial charge in [0.05, 0.1) is 6.61 Å². The molecule has 1 aromatic rings. The summed E-state index contributed by atoms with van der Waals surface area (Å²) >= 11 is 5.01. The molecule has 4 atom stereocenters. The van der Waals surface area contributed by atoms with Crippen LogP contribution in [0.15, 0.2) is 17.1 Å². The minimum absolute atomic E-state index is 0.120. The molecule has 1 saturated heterocycles. The van der Waals surface area contributed by atoms with Crippen molar-refractivity contribution in [2.75, 3.05) is 20.8 Å². The molecular formula is C11H16N2O7S. The lowest BCUT2D eigenvalue weighted by atomic mass is 10.1. The topological polar surface area (TPSA) is 126 Å². The average molecular weight is 320 g/mol. The Morgan fingerprint density at radius 3 is 2.67 bits per heavy atom. The maximum Gasteiger partial charge on any atom is 0.317 e. The first-order valence-electron chi connectivity index (χ1n) is 5.98. The van der Waals surface area contributed by atoms with Crippen LogP contribution >= 0.6 is 12.2 Å². The standard InChI is InChI=1S/C11H16N2O7S/c1-18-10(17)8(16)6(5-14)20-11(10,19-2)13-4-3-7(15)12-9(13)21/h3-4,6,8,14,16-17H,5H2,1-2H3,(H,12,15,21)/t6-,8-,10+,11-/m1/s1. The SMILES string of the molecule is CO[C@@]1(n2ccc(=O)[nH]c2=S)O[C@H](CO)[C@@H](O)[C@]1(O)OC. The molecule has 118 valence electrons. The molecule has 10 heteroatoms. The van der Waals surface area contributed by atoms with Crippen molar-refractivity contribution < 1.29 is 29.5 Å². The monoisotopic (exact) mass is 320 g/mol. The van der Waals surface area contributed by atoms with Gasteiger partial charge in [-0.3, -0.25) is 14.3 Å². The van der Waals surface area contributed by atoms with E-state index in [1.807, 2.05) is 0 Å². The molecule has 0 aliphatic carbocycles. The molecule has 1 aliphatic heterocycles. The van der Waals surface area contributed by atoms with Gasteiger partial charge in [0.2, 0.25) is 0 Å². The van der Waals surface area contributed by atoms with E-state index < -0.39 is 36.1 Å². The van der Waals surface area contributed by atoms with Gasteiger partial charge in [0.25, 0.3) is 11.3 Å². The molecule has 0 aromatic carbocycles. The van der Waals surface area contributed by atoms with Crippen LogP contribution in [0, 0.1) is 4.77 Å². The fraction of sp³-hybridized carbons (Fsp3) is 0.636. The van der Waals surface area contributed by atoms with Crippen LogP contribution in [-0.4, -0.2) is 63.7 Å². The van der Waals surface area contributed by atoms with Gasteiger partial charge in [0.1, 0.15) is 12.2 Å². The van der Waals surface area contributed by atoms with Crippen molar-refractivity contribution in [3.63, 3.8) is 0 Å². The van der Waals surface area contributed by atoms with Crippen molar-refractivity contribution in [3.8, 4) is 0 Å². The van der Waals surface area contributed by atoms with Crippen molar-refractivity contribution >= 4 is 12.2 Å². The van der Waals surface area contributed by atoms with Gasteiger partial charge in [-0.05, 0) is 12.2 Å². The second kappa shape index (κ2) is 5.57. The third-order valence-corrected chi connectivity index (χ3v) is 3.72. The lowest BCUT2D eigenvalue weighted by Gasteiger charge is -2.39. The van der Waals surface area contributed by atoms with Crippen molar-refractivity contribution in [2.45, 2.75) is 23.9 Å². The van der Waals surface area contributed by atoms with Crippen LogP contribution in [0.2, 0.25) is 0 Å². The summed E-state index contributed by atoms with van der Waals surface area (Å²) in [6.07, 6.45) is -1.56. The molecular weight excluding hydrogens is 304 g/mol. The summed E-state index contributed by atoms with van der Waals surface area (Å²) in [5.74, 6) is -4.43. The van der Waals surface area contributed by atoms with E-state index in [1.165, 1.54) is 13.3 Å². The number of nitrogens with zero attached hydrogens (tertiary/aromatic N) is 1. The Hall–Kier alpha value is -1.14. The predicted molar refractivity (Wildman–Crippen MR) is 70.8 cm³/mol. The number of rotatable bonds is 4. The van der Waals surface area contributed by atoms with Crippen LogP contribution in [0.5, 0.6) is 0 Å². The predicted octanol–water partition coefficient (Wildman–Crippen LogP) is -1.75. The molecule has 1 fully saturated rings. The Balaban J connectivity index is 2.69. The van der Waals surface area contributed by atoms with Crippen LogP contribution in [0.4, 0.5) is 0 Å². The lowest BCUT2D eigenvalue weighted by molar-refractivity contribution is -0.404. The van der Waals surface area contributed by atoms with E-state index in [1.54, 1.807) is 0 Å². The summed E-state index contributed by atoms with van der Waals surface area (Å²) in [4.78, 5) is 13.6. The number of aromatic amines is 1. The van der Waals surface area contributed by atoms with Gasteiger partial charge in [0.15, 0.2) is 4.77 Å². The molecule has 0 unspecified atom stereocenters. The van der Waals surface area contributed by atoms with E-state index in [-0.39, 0.29) is 4.77 Å². The highest BCUT2D eigenvalue weighted by Crippen LogP contribution is 2.44. The van der Waals surface area contributed by atoms with E-state index >= 15 is 0 Å². The fourth-order valence-electron chi connectivity index (χ4n) is 2.35. The number of hydrogen-bond donors (Lipinski definition) is 4. The molecule has 21 heavy (non-hydrogen) atoms. The molecule has 0 bridgehead atoms. The zero-order valence-corrected chi connectivity index (χ0v) is 12.2. The number of hydrogen-bond acceptors (Lipinski definition) is 8. The van der Waals surface area contributed by atoms with E-state index in [9.17, 15) is 20.1 Å². The molecule has 2 rings (SSSR count). The molecule has 1 aromatic heterocycles. The molecule has 0 spiro atoms. The summed E-state index contributed by atoms with van der Waals surface area (Å²) in [6, 6.07) is 1.13. The summed E-state index contributed by atoms with van der Waals surface area (Å²) < 4.78 is 16.6. The minimum atomic E-state index is -2.36. The quantitative estimate of drug-likeness (QED) is 0.380. The Morgan fingerprint density at radius 2 is 2.19 bits per heavy atom. The first-order chi connectivity index (χ1) is 9.86. The van der Waals surface area contributed by atoms with Crippen molar-refractivity contribution in [2.24, 2.45) is 0 Å². The second-order valence-corrected chi connectivity index (χ2v) is 4.84. The van der Waals surface area contributed by atoms with Crippen LogP contribution in [-0.2, 0) is 20.1 Å². The fourth-order valence-corrected chi connectivity index (χ4v) is 2.63. The number of ether oxygens (including phenoxy) is 3. The number of aliphatic hydroxyl groups excluding tert-OH is 2. The van der Waals surface area contributed by atoms with Gasteiger partial charge in [-0.15, -0.1) is 0 Å². The maximum absolute atomic E-state index is 11.3. The van der Waals surface area contributed by atoms with Crippen molar-refractivity contribution in [3.05, 3.63) is 27.4 Å². The Bertz CT molecular complexity index is 631. The van der Waals surface area contributed by atoms with E-state index in [0.717, 1.165) is 17.7 Å². The summed E-state index contributed by atoms with van der Waals surface area (Å²) in [6.45, 7) is -0.589. The zero-order valence-electron chi connectivity index (χ0n) is 11.3. The van der Waals surface area contributed by atoms with Gasteiger partial charge in [0, 0.05) is 26.5 Å². The maximum atomic E-state index is 11.3. The third-order valence-electron chi connectivity index (χ3n) is 3.43. The van der Waals surface area contributed by atoms with Crippen LogP contribution in [0.25, 0.3) is 0 Å². The summed E-state index contributed by atoms with van der Waals surface area (Å²) in [7, 11) is 2.33. The summed E-state index contributed by atoms with van der Waals surface area (Å²) in [5, 5.41) is 30.0. The highest BCUT2D eigenvalue weighted by atomic mass is 32.1. The van der Waals surface area contributed by atoms with Gasteiger partial charge in [-0.1, -0.05) is 0 Å². The average Bonchev–Trinajstić information content (AvgIpc) is 2.69. The number of nitrogens with one attached hydrogen (secondary N) is 1. The Morgan fingerprint density at radius 1 is 1.52 bits per heavy atom. The summed E-state index contributed by atoms with van der Waals surface area (Å²) in [5.41, 5.74) is -0.458. The van der Waals surface area contributed by atoms with Gasteiger partial charge in [-0.25, -0.2) is 0 Å². The molecule has 4 N–H and O–H groups in total. The van der Waals surface area contributed by atoms with E-state index in [4.69, 9.17) is 26.4 Å². The minimum Gasteiger partial charge on any atom is -0.394 e. The van der Waals surface area contributed by atoms with E-state index in [0.29, 0.717) is 0 Å². The first kappa shape index (κ1) is 16.2. The number of aromatic nitrogens is 2. The highest BCUT2D eigenvalue weighted by molar-refractivity contribution is 7.71. The van der Waals surface area contributed by atoms with Crippen molar-refractivity contribution in [1.29, 1.82) is 0 Å². The van der Waals surface area contributed by atoms with Crippen LogP contribution in [0.1, 0.15) is 0 Å². The van der Waals surface area contributed by atoms with Gasteiger partial charge in [-0.2, -0.15) is 0 Å². The second-order valence-electron chi connectivity index (χ2n) is 4.45. The smallest absolute Gasteiger partial charge is 0.317 e. The number of H-pyrrole nitrogens is 1.